The lowest BCUT2D eigenvalue weighted by molar-refractivity contribution is -0.180. The van der Waals surface area contributed by atoms with Crippen LogP contribution in [0.25, 0.3) is 0 Å². The molecular weight excluding hydrogens is 380 g/mol. The van der Waals surface area contributed by atoms with Crippen LogP contribution in [0.2, 0.25) is 0 Å². The van der Waals surface area contributed by atoms with Crippen molar-refractivity contribution in [2.45, 2.75) is 91.8 Å². The van der Waals surface area contributed by atoms with E-state index in [9.17, 15) is 14.4 Å². The summed E-state index contributed by atoms with van der Waals surface area (Å²) in [5, 5.41) is 0. The zero-order valence-corrected chi connectivity index (χ0v) is 19.0. The van der Waals surface area contributed by atoms with Crippen LogP contribution in [-0.4, -0.2) is 29.9 Å². The van der Waals surface area contributed by atoms with Crippen LogP contribution < -0.4 is 0 Å². The first-order chi connectivity index (χ1) is 14.1. The van der Waals surface area contributed by atoms with Gasteiger partial charge in [-0.15, -0.1) is 0 Å². The SMILES string of the molecule is CC(=O)O[C@@H](C)[C@H]1CC[C@H]2[C@@H]3CCC4=CC(=O)CC[C@]4(C)[C@H]3[C@H](OC(C)=O)C[C@]12C. The predicted molar refractivity (Wildman–Crippen MR) is 112 cm³/mol. The number of hydrogen-bond donors (Lipinski definition) is 0. The standard InChI is InChI=1S/C25H36O5/c1-14(29-15(2)26)20-8-9-21-19-7-6-17-12-18(28)10-11-24(17,4)23(19)22(30-16(3)27)13-25(20,21)5/h12,14,19-23H,6-11,13H2,1-5H3/t14-,19-,20+,21-,22+,23+,24-,25+/m0/s1. The van der Waals surface area contributed by atoms with Crippen molar-refractivity contribution in [1.82, 2.24) is 0 Å². The third-order valence-electron chi connectivity index (χ3n) is 9.18. The van der Waals surface area contributed by atoms with Gasteiger partial charge >= 0.3 is 11.9 Å². The number of rotatable bonds is 3. The van der Waals surface area contributed by atoms with Crippen molar-refractivity contribution in [1.29, 1.82) is 0 Å². The molecule has 0 aromatic heterocycles. The third-order valence-corrected chi connectivity index (χ3v) is 9.18. The van der Waals surface area contributed by atoms with Crippen molar-refractivity contribution in [3.8, 4) is 0 Å². The van der Waals surface area contributed by atoms with Crippen LogP contribution in [0.5, 0.6) is 0 Å². The minimum atomic E-state index is -0.230. The highest BCUT2D eigenvalue weighted by Crippen LogP contribution is 2.67. The van der Waals surface area contributed by atoms with E-state index in [0.717, 1.165) is 38.5 Å². The van der Waals surface area contributed by atoms with Crippen LogP contribution in [-0.2, 0) is 23.9 Å². The molecule has 0 bridgehead atoms. The first-order valence-corrected chi connectivity index (χ1v) is 11.6. The van der Waals surface area contributed by atoms with Crippen LogP contribution in [0.15, 0.2) is 11.6 Å². The van der Waals surface area contributed by atoms with Crippen LogP contribution in [0.1, 0.15) is 79.6 Å². The molecule has 0 spiro atoms. The second kappa shape index (κ2) is 7.49. The van der Waals surface area contributed by atoms with E-state index >= 15 is 0 Å². The Hall–Kier alpha value is -1.65. The Morgan fingerprint density at radius 3 is 2.50 bits per heavy atom. The van der Waals surface area contributed by atoms with Gasteiger partial charge in [-0.3, -0.25) is 14.4 Å². The zero-order chi connectivity index (χ0) is 21.8. The largest absolute Gasteiger partial charge is 0.463 e. The lowest BCUT2D eigenvalue weighted by Gasteiger charge is -2.60. The first-order valence-electron chi connectivity index (χ1n) is 11.6. The smallest absolute Gasteiger partial charge is 0.302 e. The molecule has 8 atom stereocenters. The number of ether oxygens (including phenoxy) is 2. The van der Waals surface area contributed by atoms with Crippen LogP contribution in [0.3, 0.4) is 0 Å². The fourth-order valence-corrected chi connectivity index (χ4v) is 8.13. The summed E-state index contributed by atoms with van der Waals surface area (Å²) in [6.07, 6.45) is 8.05. The highest BCUT2D eigenvalue weighted by molar-refractivity contribution is 5.91. The lowest BCUT2D eigenvalue weighted by atomic mass is 9.45. The molecule has 0 aromatic rings. The molecule has 4 rings (SSSR count). The fourth-order valence-electron chi connectivity index (χ4n) is 8.13. The summed E-state index contributed by atoms with van der Waals surface area (Å²) in [6, 6.07) is 0. The molecule has 4 aliphatic rings. The van der Waals surface area contributed by atoms with E-state index in [0.29, 0.717) is 18.3 Å². The molecule has 0 amide bonds. The van der Waals surface area contributed by atoms with Crippen molar-refractivity contribution >= 4 is 17.7 Å². The first kappa shape index (κ1) is 21.6. The van der Waals surface area contributed by atoms with Gasteiger partial charge in [-0.2, -0.15) is 0 Å². The number of carbonyl (C=O) groups is 3. The van der Waals surface area contributed by atoms with Crippen molar-refractivity contribution in [2.75, 3.05) is 0 Å². The number of allylic oxidation sites excluding steroid dienone is 1. The van der Waals surface area contributed by atoms with Gasteiger partial charge in [0.05, 0.1) is 0 Å². The highest BCUT2D eigenvalue weighted by Gasteiger charge is 2.63. The predicted octanol–water partition coefficient (Wildman–Crippen LogP) is 4.63. The molecule has 0 aromatic carbocycles. The second-order valence-electron chi connectivity index (χ2n) is 10.7. The highest BCUT2D eigenvalue weighted by atomic mass is 16.5. The summed E-state index contributed by atoms with van der Waals surface area (Å²) in [5.74, 6) is 1.33. The van der Waals surface area contributed by atoms with E-state index in [1.165, 1.54) is 19.4 Å². The summed E-state index contributed by atoms with van der Waals surface area (Å²) in [4.78, 5) is 35.8. The maximum absolute atomic E-state index is 12.1. The second-order valence-corrected chi connectivity index (χ2v) is 10.7. The minimum absolute atomic E-state index is 0.0157. The van der Waals surface area contributed by atoms with E-state index < -0.39 is 0 Å². The van der Waals surface area contributed by atoms with E-state index in [1.807, 2.05) is 13.0 Å². The molecule has 0 saturated heterocycles. The summed E-state index contributed by atoms with van der Waals surface area (Å²) in [6.45, 7) is 9.63. The Morgan fingerprint density at radius 1 is 1.10 bits per heavy atom. The number of hydrogen-bond acceptors (Lipinski definition) is 5. The number of carbonyl (C=O) groups excluding carboxylic acids is 3. The normalized spacial score (nSPS) is 43.6. The maximum atomic E-state index is 12.1. The van der Waals surface area contributed by atoms with Crippen LogP contribution in [0.4, 0.5) is 0 Å². The Morgan fingerprint density at radius 2 is 1.83 bits per heavy atom. The molecule has 0 heterocycles. The molecule has 0 N–H and O–H groups in total. The Labute approximate surface area is 179 Å². The van der Waals surface area contributed by atoms with Crippen molar-refractivity contribution in [3.63, 3.8) is 0 Å². The van der Waals surface area contributed by atoms with Crippen molar-refractivity contribution < 1.29 is 23.9 Å². The van der Waals surface area contributed by atoms with Gasteiger partial charge in [-0.25, -0.2) is 0 Å². The summed E-state index contributed by atoms with van der Waals surface area (Å²) in [5.41, 5.74) is 1.18. The molecule has 4 aliphatic carbocycles. The van der Waals surface area contributed by atoms with E-state index in [2.05, 4.69) is 13.8 Å². The van der Waals surface area contributed by atoms with E-state index in [-0.39, 0.29) is 52.6 Å². The van der Waals surface area contributed by atoms with Gasteiger partial charge in [-0.1, -0.05) is 19.4 Å². The quantitative estimate of drug-likeness (QED) is 0.628. The zero-order valence-electron chi connectivity index (χ0n) is 19.0. The van der Waals surface area contributed by atoms with Crippen molar-refractivity contribution in [3.05, 3.63) is 11.6 Å². The maximum Gasteiger partial charge on any atom is 0.302 e. The van der Waals surface area contributed by atoms with Gasteiger partial charge in [0.2, 0.25) is 0 Å². The van der Waals surface area contributed by atoms with Gasteiger partial charge in [0.25, 0.3) is 0 Å². The molecule has 5 heteroatoms. The van der Waals surface area contributed by atoms with Gasteiger partial charge in [0.1, 0.15) is 12.2 Å². The van der Waals surface area contributed by atoms with Gasteiger partial charge < -0.3 is 9.47 Å². The molecule has 166 valence electrons. The van der Waals surface area contributed by atoms with Crippen LogP contribution in [0, 0.1) is 34.5 Å². The number of ketones is 1. The van der Waals surface area contributed by atoms with Gasteiger partial charge in [0.15, 0.2) is 5.78 Å². The average Bonchev–Trinajstić information content (AvgIpc) is 2.97. The number of esters is 2. The Balaban J connectivity index is 1.71. The summed E-state index contributed by atoms with van der Waals surface area (Å²) in [7, 11) is 0. The Kier molecular flexibility index (Phi) is 5.39. The molecule has 5 nitrogen and oxygen atoms in total. The lowest BCUT2D eigenvalue weighted by Crippen LogP contribution is -2.58. The molecule has 3 fully saturated rings. The summed E-state index contributed by atoms with van der Waals surface area (Å²) >= 11 is 0. The molecule has 0 aliphatic heterocycles. The molecule has 3 saturated carbocycles. The molecule has 30 heavy (non-hydrogen) atoms. The molecule has 0 radical (unpaired) electrons. The third kappa shape index (κ3) is 3.33. The van der Waals surface area contributed by atoms with Gasteiger partial charge in [-0.05, 0) is 74.2 Å². The minimum Gasteiger partial charge on any atom is -0.463 e. The Bertz CT molecular complexity index is 784. The average molecular weight is 417 g/mol. The fraction of sp³-hybridized carbons (Fsp3) is 0.800. The van der Waals surface area contributed by atoms with Crippen molar-refractivity contribution in [2.24, 2.45) is 34.5 Å². The molecule has 0 unspecified atom stereocenters. The topological polar surface area (TPSA) is 69.7 Å². The van der Waals surface area contributed by atoms with Crippen LogP contribution >= 0.6 is 0 Å². The molecular formula is C25H36O5. The van der Waals surface area contributed by atoms with E-state index in [4.69, 9.17) is 9.47 Å². The van der Waals surface area contributed by atoms with Gasteiger partial charge in [0, 0.05) is 32.1 Å². The summed E-state index contributed by atoms with van der Waals surface area (Å²) < 4.78 is 11.7. The monoisotopic (exact) mass is 416 g/mol. The van der Waals surface area contributed by atoms with E-state index in [1.54, 1.807) is 0 Å². The number of fused-ring (bicyclic) bond motifs is 5.